The van der Waals surface area contributed by atoms with Gasteiger partial charge in [-0.15, -0.1) is 0 Å². The Labute approximate surface area is 128 Å². The van der Waals surface area contributed by atoms with Crippen molar-refractivity contribution in [3.8, 4) is 17.2 Å². The van der Waals surface area contributed by atoms with Crippen molar-refractivity contribution in [2.75, 3.05) is 35.4 Å². The average Bonchev–Trinajstić information content (AvgIpc) is 2.98. The van der Waals surface area contributed by atoms with E-state index in [2.05, 4.69) is 0 Å². The standard InChI is InChI=1S/C16H19NO5/c1-17(2)8-6-11(18)12-13(19-3)10-7-9-22-14(10)16(21-5)15(12)20-4/h6-9H,1-5H3/b8-6+. The molecular formula is C16H19NO5. The fourth-order valence-electron chi connectivity index (χ4n) is 2.23. The predicted octanol–water partition coefficient (Wildman–Crippen LogP) is 2.72. The Bertz CT molecular complexity index is 715. The van der Waals surface area contributed by atoms with Crippen LogP contribution in [0.5, 0.6) is 17.2 Å². The van der Waals surface area contributed by atoms with Crippen molar-refractivity contribution in [1.29, 1.82) is 0 Å². The molecule has 2 aromatic rings. The Morgan fingerprint density at radius 2 is 1.73 bits per heavy atom. The van der Waals surface area contributed by atoms with E-state index < -0.39 is 0 Å². The third-order valence-electron chi connectivity index (χ3n) is 3.16. The highest BCUT2D eigenvalue weighted by molar-refractivity contribution is 6.13. The van der Waals surface area contributed by atoms with Gasteiger partial charge in [-0.25, -0.2) is 0 Å². The highest BCUT2D eigenvalue weighted by Crippen LogP contribution is 2.46. The maximum absolute atomic E-state index is 12.6. The number of nitrogens with zero attached hydrogens (tertiary/aromatic N) is 1. The largest absolute Gasteiger partial charge is 0.495 e. The van der Waals surface area contributed by atoms with Crippen LogP contribution in [-0.4, -0.2) is 46.1 Å². The molecule has 0 saturated heterocycles. The Kier molecular flexibility index (Phi) is 4.60. The summed E-state index contributed by atoms with van der Waals surface area (Å²) in [4.78, 5) is 14.4. The zero-order valence-electron chi connectivity index (χ0n) is 13.3. The van der Waals surface area contributed by atoms with Gasteiger partial charge in [-0.2, -0.15) is 0 Å². The first-order chi connectivity index (χ1) is 10.5. The zero-order chi connectivity index (χ0) is 16.3. The van der Waals surface area contributed by atoms with E-state index in [1.54, 1.807) is 17.2 Å². The number of hydrogen-bond donors (Lipinski definition) is 0. The van der Waals surface area contributed by atoms with Crippen LogP contribution in [0, 0.1) is 0 Å². The second-order valence-electron chi connectivity index (χ2n) is 4.78. The summed E-state index contributed by atoms with van der Waals surface area (Å²) in [5.74, 6) is 0.804. The molecule has 0 spiro atoms. The maximum Gasteiger partial charge on any atom is 0.205 e. The minimum Gasteiger partial charge on any atom is -0.495 e. The third kappa shape index (κ3) is 2.59. The average molecular weight is 305 g/mol. The van der Waals surface area contributed by atoms with Crippen LogP contribution in [-0.2, 0) is 0 Å². The number of furan rings is 1. The summed E-state index contributed by atoms with van der Waals surface area (Å²) in [5, 5.41) is 0.654. The summed E-state index contributed by atoms with van der Waals surface area (Å²) in [5.41, 5.74) is 0.776. The normalized spacial score (nSPS) is 11.0. The van der Waals surface area contributed by atoms with Crippen LogP contribution >= 0.6 is 0 Å². The number of carbonyl (C=O) groups excluding carboxylic acids is 1. The van der Waals surface area contributed by atoms with Gasteiger partial charge in [0.25, 0.3) is 0 Å². The van der Waals surface area contributed by atoms with Crippen LogP contribution in [0.1, 0.15) is 10.4 Å². The number of carbonyl (C=O) groups is 1. The highest BCUT2D eigenvalue weighted by Gasteiger charge is 2.27. The summed E-state index contributed by atoms with van der Waals surface area (Å²) >= 11 is 0. The number of fused-ring (bicyclic) bond motifs is 1. The lowest BCUT2D eigenvalue weighted by atomic mass is 10.0. The van der Waals surface area contributed by atoms with E-state index in [4.69, 9.17) is 18.6 Å². The second kappa shape index (κ2) is 6.43. The number of benzene rings is 1. The summed E-state index contributed by atoms with van der Waals surface area (Å²) in [6, 6.07) is 1.72. The number of allylic oxidation sites excluding steroid dienone is 1. The number of rotatable bonds is 6. The molecule has 2 rings (SSSR count). The van der Waals surface area contributed by atoms with Crippen LogP contribution in [0.25, 0.3) is 11.0 Å². The smallest absolute Gasteiger partial charge is 0.205 e. The van der Waals surface area contributed by atoms with Crippen LogP contribution in [0.2, 0.25) is 0 Å². The molecule has 22 heavy (non-hydrogen) atoms. The molecule has 0 unspecified atom stereocenters. The lowest BCUT2D eigenvalue weighted by Gasteiger charge is -2.15. The van der Waals surface area contributed by atoms with E-state index in [9.17, 15) is 4.79 Å². The molecular weight excluding hydrogens is 286 g/mol. The molecule has 0 aliphatic rings. The lowest BCUT2D eigenvalue weighted by Crippen LogP contribution is -2.07. The van der Waals surface area contributed by atoms with Crippen molar-refractivity contribution >= 4 is 16.8 Å². The van der Waals surface area contributed by atoms with Gasteiger partial charge in [-0.3, -0.25) is 4.79 Å². The summed E-state index contributed by atoms with van der Waals surface area (Å²) in [6.45, 7) is 0. The van der Waals surface area contributed by atoms with Gasteiger partial charge >= 0.3 is 0 Å². The quantitative estimate of drug-likeness (QED) is 0.604. The third-order valence-corrected chi connectivity index (χ3v) is 3.16. The molecule has 118 valence electrons. The molecule has 6 heteroatoms. The number of ketones is 1. The minimum absolute atomic E-state index is 0.246. The van der Waals surface area contributed by atoms with Crippen molar-refractivity contribution in [2.24, 2.45) is 0 Å². The summed E-state index contributed by atoms with van der Waals surface area (Å²) < 4.78 is 21.6. The monoisotopic (exact) mass is 305 g/mol. The SMILES string of the molecule is COc1c(C(=O)/C=C/N(C)C)c(OC)c2ccoc2c1OC. The van der Waals surface area contributed by atoms with Gasteiger partial charge in [0.15, 0.2) is 17.1 Å². The van der Waals surface area contributed by atoms with Gasteiger partial charge in [0, 0.05) is 26.4 Å². The molecule has 0 N–H and O–H groups in total. The molecule has 1 aromatic heterocycles. The molecule has 0 saturated carbocycles. The van der Waals surface area contributed by atoms with Crippen molar-refractivity contribution in [1.82, 2.24) is 4.90 Å². The van der Waals surface area contributed by atoms with Crippen LogP contribution in [0.4, 0.5) is 0 Å². The Morgan fingerprint density at radius 3 is 2.27 bits per heavy atom. The van der Waals surface area contributed by atoms with E-state index in [1.165, 1.54) is 33.7 Å². The molecule has 0 aliphatic carbocycles. The molecule has 0 aliphatic heterocycles. The van der Waals surface area contributed by atoms with Crippen LogP contribution in [0.15, 0.2) is 29.0 Å². The summed E-state index contributed by atoms with van der Waals surface area (Å²) in [7, 11) is 8.13. The fraction of sp³-hybridized carbons (Fsp3) is 0.312. The second-order valence-corrected chi connectivity index (χ2v) is 4.78. The van der Waals surface area contributed by atoms with Crippen molar-refractivity contribution in [2.45, 2.75) is 0 Å². The first-order valence-electron chi connectivity index (χ1n) is 6.63. The topological polar surface area (TPSA) is 61.1 Å². The summed E-state index contributed by atoms with van der Waals surface area (Å²) in [6.07, 6.45) is 4.62. The fourth-order valence-corrected chi connectivity index (χ4v) is 2.23. The molecule has 1 aromatic carbocycles. The first kappa shape index (κ1) is 15.8. The van der Waals surface area contributed by atoms with Crippen LogP contribution in [0.3, 0.4) is 0 Å². The van der Waals surface area contributed by atoms with Gasteiger partial charge in [-0.05, 0) is 6.07 Å². The first-order valence-corrected chi connectivity index (χ1v) is 6.63. The van der Waals surface area contributed by atoms with E-state index in [0.29, 0.717) is 28.0 Å². The minimum atomic E-state index is -0.246. The number of ether oxygens (including phenoxy) is 3. The Balaban J connectivity index is 2.77. The van der Waals surface area contributed by atoms with E-state index >= 15 is 0 Å². The lowest BCUT2D eigenvalue weighted by molar-refractivity contribution is 0.103. The van der Waals surface area contributed by atoms with Crippen molar-refractivity contribution in [3.05, 3.63) is 30.2 Å². The predicted molar refractivity (Wildman–Crippen MR) is 83.0 cm³/mol. The Hall–Kier alpha value is -2.63. The molecule has 0 bridgehead atoms. The molecule has 0 amide bonds. The molecule has 6 nitrogen and oxygen atoms in total. The van der Waals surface area contributed by atoms with Crippen LogP contribution < -0.4 is 14.2 Å². The molecule has 1 heterocycles. The highest BCUT2D eigenvalue weighted by atomic mass is 16.5. The van der Waals surface area contributed by atoms with E-state index in [-0.39, 0.29) is 11.5 Å². The Morgan fingerprint density at radius 1 is 1.09 bits per heavy atom. The molecule has 0 radical (unpaired) electrons. The van der Waals surface area contributed by atoms with Gasteiger partial charge in [0.1, 0.15) is 11.3 Å². The van der Waals surface area contributed by atoms with Gasteiger partial charge < -0.3 is 23.5 Å². The number of methoxy groups -OCH3 is 3. The van der Waals surface area contributed by atoms with E-state index in [0.717, 1.165) is 0 Å². The van der Waals surface area contributed by atoms with Crippen molar-refractivity contribution in [3.63, 3.8) is 0 Å². The zero-order valence-corrected chi connectivity index (χ0v) is 13.3. The van der Waals surface area contributed by atoms with Gasteiger partial charge in [0.05, 0.1) is 33.0 Å². The van der Waals surface area contributed by atoms with E-state index in [1.807, 2.05) is 14.1 Å². The molecule has 0 fully saturated rings. The van der Waals surface area contributed by atoms with Crippen molar-refractivity contribution < 1.29 is 23.4 Å². The van der Waals surface area contributed by atoms with Gasteiger partial charge in [-0.1, -0.05) is 0 Å². The molecule has 0 atom stereocenters. The number of hydrogen-bond acceptors (Lipinski definition) is 6. The van der Waals surface area contributed by atoms with Gasteiger partial charge in [0.2, 0.25) is 5.75 Å². The maximum atomic E-state index is 12.6.